The fraction of sp³-hybridized carbons (Fsp3) is 0.353. The fourth-order valence-corrected chi connectivity index (χ4v) is 2.25. The second-order valence-corrected chi connectivity index (χ2v) is 5.51. The minimum Gasteiger partial charge on any atom is -0.421 e. The van der Waals surface area contributed by atoms with Gasteiger partial charge in [0.15, 0.2) is 0 Å². The Balaban J connectivity index is 2.14. The molecule has 1 amide bonds. The smallest absolute Gasteiger partial charge is 0.272 e. The molecule has 0 saturated heterocycles. The van der Waals surface area contributed by atoms with Crippen LogP contribution in [0.5, 0.6) is 11.8 Å². The van der Waals surface area contributed by atoms with Crippen LogP contribution in [-0.4, -0.2) is 33.9 Å². The predicted molar refractivity (Wildman–Crippen MR) is 90.0 cm³/mol. The summed E-state index contributed by atoms with van der Waals surface area (Å²) in [7, 11) is 0. The molecule has 122 valence electrons. The average molecular weight is 334 g/mol. The molecular weight excluding hydrogens is 314 g/mol. The highest BCUT2D eigenvalue weighted by Crippen LogP contribution is 2.19. The lowest BCUT2D eigenvalue weighted by molar-refractivity contribution is 0.0749. The van der Waals surface area contributed by atoms with Crippen molar-refractivity contribution in [2.24, 2.45) is 0 Å². The van der Waals surface area contributed by atoms with Gasteiger partial charge in [-0.2, -0.15) is 0 Å². The van der Waals surface area contributed by atoms with Gasteiger partial charge in [-0.15, -0.1) is 0 Å². The summed E-state index contributed by atoms with van der Waals surface area (Å²) >= 11 is 5.79. The van der Waals surface area contributed by atoms with E-state index in [1.807, 2.05) is 4.90 Å². The van der Waals surface area contributed by atoms with Crippen molar-refractivity contribution < 1.29 is 9.53 Å². The van der Waals surface area contributed by atoms with E-state index in [0.29, 0.717) is 22.5 Å². The summed E-state index contributed by atoms with van der Waals surface area (Å²) in [5.41, 5.74) is 0.373. The molecule has 2 heterocycles. The Morgan fingerprint density at radius 1 is 1.13 bits per heavy atom. The van der Waals surface area contributed by atoms with Crippen LogP contribution in [0.1, 0.15) is 37.2 Å². The van der Waals surface area contributed by atoms with Gasteiger partial charge in [-0.1, -0.05) is 31.5 Å². The van der Waals surface area contributed by atoms with E-state index in [2.05, 4.69) is 23.8 Å². The van der Waals surface area contributed by atoms with E-state index in [1.165, 1.54) is 6.20 Å². The molecule has 6 heteroatoms. The maximum absolute atomic E-state index is 12.5. The molecule has 0 fully saturated rings. The van der Waals surface area contributed by atoms with Crippen molar-refractivity contribution in [3.8, 4) is 11.8 Å². The summed E-state index contributed by atoms with van der Waals surface area (Å²) < 4.78 is 5.57. The van der Waals surface area contributed by atoms with Crippen LogP contribution in [0.15, 0.2) is 36.5 Å². The molecule has 2 aromatic rings. The molecule has 0 aliphatic heterocycles. The van der Waals surface area contributed by atoms with Crippen LogP contribution in [0.4, 0.5) is 0 Å². The third kappa shape index (κ3) is 4.93. The van der Waals surface area contributed by atoms with E-state index in [9.17, 15) is 4.79 Å². The van der Waals surface area contributed by atoms with E-state index in [0.717, 1.165) is 25.9 Å². The maximum atomic E-state index is 12.5. The van der Waals surface area contributed by atoms with Gasteiger partial charge in [0.2, 0.25) is 11.8 Å². The number of ether oxygens (including phenoxy) is 1. The number of carbonyl (C=O) groups is 1. The lowest BCUT2D eigenvalue weighted by Crippen LogP contribution is -2.33. The molecular formula is C17H20ClN3O2. The summed E-state index contributed by atoms with van der Waals surface area (Å²) in [4.78, 5) is 22.7. The Hall–Kier alpha value is -2.14. The van der Waals surface area contributed by atoms with E-state index in [1.54, 1.807) is 30.3 Å². The largest absolute Gasteiger partial charge is 0.421 e. The zero-order valence-corrected chi connectivity index (χ0v) is 14.1. The van der Waals surface area contributed by atoms with Crippen molar-refractivity contribution >= 4 is 17.5 Å². The van der Waals surface area contributed by atoms with E-state index >= 15 is 0 Å². The van der Waals surface area contributed by atoms with Gasteiger partial charge in [0, 0.05) is 31.4 Å². The highest BCUT2D eigenvalue weighted by Gasteiger charge is 2.16. The standard InChI is InChI=1S/C17H20ClN3O2/c1-3-10-21(11-4-2)17(22)14-6-5-7-16(20-14)23-15-9-8-13(18)12-19-15/h5-9,12H,3-4,10-11H2,1-2H3. The van der Waals surface area contributed by atoms with Crippen molar-refractivity contribution in [1.29, 1.82) is 0 Å². The van der Waals surface area contributed by atoms with Gasteiger partial charge in [-0.3, -0.25) is 4.79 Å². The molecule has 2 rings (SSSR count). The number of halogens is 1. The summed E-state index contributed by atoms with van der Waals surface area (Å²) in [5, 5.41) is 0.531. The maximum Gasteiger partial charge on any atom is 0.272 e. The van der Waals surface area contributed by atoms with Gasteiger partial charge in [0.05, 0.1) is 5.02 Å². The SMILES string of the molecule is CCCN(CCC)C(=O)c1cccc(Oc2ccc(Cl)cn2)n1. The van der Waals surface area contributed by atoms with Gasteiger partial charge < -0.3 is 9.64 Å². The summed E-state index contributed by atoms with van der Waals surface area (Å²) in [5.74, 6) is 0.632. The molecule has 0 N–H and O–H groups in total. The van der Waals surface area contributed by atoms with Crippen LogP contribution >= 0.6 is 11.6 Å². The fourth-order valence-electron chi connectivity index (χ4n) is 2.14. The van der Waals surface area contributed by atoms with Crippen molar-refractivity contribution in [3.05, 3.63) is 47.2 Å². The molecule has 0 saturated carbocycles. The zero-order valence-electron chi connectivity index (χ0n) is 13.3. The van der Waals surface area contributed by atoms with Crippen molar-refractivity contribution in [3.63, 3.8) is 0 Å². The van der Waals surface area contributed by atoms with Gasteiger partial charge in [-0.05, 0) is 25.0 Å². The van der Waals surface area contributed by atoms with E-state index < -0.39 is 0 Å². The third-order valence-corrected chi connectivity index (χ3v) is 3.35. The van der Waals surface area contributed by atoms with Crippen molar-refractivity contribution in [2.45, 2.75) is 26.7 Å². The number of rotatable bonds is 7. The highest BCUT2D eigenvalue weighted by atomic mass is 35.5. The predicted octanol–water partition coefficient (Wildman–Crippen LogP) is 4.18. The Kier molecular flexibility index (Phi) is 6.35. The first-order valence-electron chi connectivity index (χ1n) is 7.69. The van der Waals surface area contributed by atoms with Crippen molar-refractivity contribution in [1.82, 2.24) is 14.9 Å². The number of amides is 1. The lowest BCUT2D eigenvalue weighted by atomic mass is 10.2. The first-order chi connectivity index (χ1) is 11.1. The normalized spacial score (nSPS) is 10.4. The zero-order chi connectivity index (χ0) is 16.7. The highest BCUT2D eigenvalue weighted by molar-refractivity contribution is 6.30. The van der Waals surface area contributed by atoms with Gasteiger partial charge >= 0.3 is 0 Å². The van der Waals surface area contributed by atoms with Crippen molar-refractivity contribution in [2.75, 3.05) is 13.1 Å². The molecule has 0 bridgehead atoms. The van der Waals surface area contributed by atoms with Crippen LogP contribution in [0.3, 0.4) is 0 Å². The van der Waals surface area contributed by atoms with Gasteiger partial charge in [0.1, 0.15) is 5.69 Å². The number of pyridine rings is 2. The third-order valence-electron chi connectivity index (χ3n) is 3.13. The summed E-state index contributed by atoms with van der Waals surface area (Å²) in [6.45, 7) is 5.54. The Labute approximate surface area is 141 Å². The topological polar surface area (TPSA) is 55.3 Å². The molecule has 0 unspecified atom stereocenters. The Morgan fingerprint density at radius 2 is 1.87 bits per heavy atom. The quantitative estimate of drug-likeness (QED) is 0.762. The van der Waals surface area contributed by atoms with Crippen LogP contribution in [-0.2, 0) is 0 Å². The van der Waals surface area contributed by atoms with Gasteiger partial charge in [-0.25, -0.2) is 9.97 Å². The Bertz CT molecular complexity index is 641. The summed E-state index contributed by atoms with van der Waals surface area (Å²) in [6.07, 6.45) is 3.32. The molecule has 23 heavy (non-hydrogen) atoms. The second kappa shape index (κ2) is 8.48. The monoisotopic (exact) mass is 333 g/mol. The Morgan fingerprint density at radius 3 is 2.48 bits per heavy atom. The summed E-state index contributed by atoms with van der Waals surface area (Å²) in [6, 6.07) is 8.48. The second-order valence-electron chi connectivity index (χ2n) is 5.07. The van der Waals surface area contributed by atoms with Gasteiger partial charge in [0.25, 0.3) is 5.91 Å². The van der Waals surface area contributed by atoms with Crippen LogP contribution < -0.4 is 4.74 Å². The number of hydrogen-bond acceptors (Lipinski definition) is 4. The first-order valence-corrected chi connectivity index (χ1v) is 8.07. The number of carbonyl (C=O) groups excluding carboxylic acids is 1. The molecule has 0 radical (unpaired) electrons. The molecule has 0 aliphatic carbocycles. The minimum absolute atomic E-state index is 0.0804. The lowest BCUT2D eigenvalue weighted by Gasteiger charge is -2.21. The van der Waals surface area contributed by atoms with Crippen LogP contribution in [0.2, 0.25) is 5.02 Å². The number of nitrogens with zero attached hydrogens (tertiary/aromatic N) is 3. The molecule has 5 nitrogen and oxygen atoms in total. The van der Waals surface area contributed by atoms with Crippen LogP contribution in [0, 0.1) is 0 Å². The van der Waals surface area contributed by atoms with E-state index in [4.69, 9.17) is 16.3 Å². The molecule has 0 spiro atoms. The number of aromatic nitrogens is 2. The minimum atomic E-state index is -0.0804. The molecule has 0 aromatic carbocycles. The number of hydrogen-bond donors (Lipinski definition) is 0. The average Bonchev–Trinajstić information content (AvgIpc) is 2.56. The van der Waals surface area contributed by atoms with Crippen LogP contribution in [0.25, 0.3) is 0 Å². The molecule has 0 atom stereocenters. The first kappa shape index (κ1) is 17.2. The molecule has 0 aliphatic rings. The molecule has 2 aromatic heterocycles. The van der Waals surface area contributed by atoms with E-state index in [-0.39, 0.29) is 5.91 Å².